The van der Waals surface area contributed by atoms with Gasteiger partial charge in [-0.05, 0) is 30.7 Å². The first-order chi connectivity index (χ1) is 9.91. The van der Waals surface area contributed by atoms with Crippen LogP contribution in [0.5, 0.6) is 0 Å². The van der Waals surface area contributed by atoms with E-state index in [4.69, 9.17) is 0 Å². The third kappa shape index (κ3) is 3.89. The highest BCUT2D eigenvalue weighted by Crippen LogP contribution is 2.28. The van der Waals surface area contributed by atoms with E-state index < -0.39 is 9.84 Å². The minimum atomic E-state index is -3.21. The summed E-state index contributed by atoms with van der Waals surface area (Å²) in [6.07, 6.45) is 4.98. The van der Waals surface area contributed by atoms with E-state index in [1.807, 2.05) is 6.92 Å². The summed E-state index contributed by atoms with van der Waals surface area (Å²) in [5, 5.41) is 2.91. The summed E-state index contributed by atoms with van der Waals surface area (Å²) in [6, 6.07) is 6.40. The maximum Gasteiger partial charge on any atom is 0.251 e. The molecular weight excluding hydrogens is 308 g/mol. The van der Waals surface area contributed by atoms with Crippen LogP contribution in [-0.2, 0) is 9.84 Å². The number of aromatic nitrogens is 1. The number of hydrogen-bond acceptors (Lipinski definition) is 5. The van der Waals surface area contributed by atoms with Gasteiger partial charge in [0.15, 0.2) is 9.84 Å². The number of pyridine rings is 1. The van der Waals surface area contributed by atoms with Crippen molar-refractivity contribution < 1.29 is 13.2 Å². The molecule has 5 nitrogen and oxygen atoms in total. The van der Waals surface area contributed by atoms with E-state index in [1.165, 1.54) is 17.6 Å². The molecule has 0 spiro atoms. The lowest BCUT2D eigenvalue weighted by molar-refractivity contribution is 0.0936. The van der Waals surface area contributed by atoms with E-state index >= 15 is 0 Å². The second-order valence-corrected chi connectivity index (χ2v) is 7.96. The van der Waals surface area contributed by atoms with Crippen molar-refractivity contribution in [2.75, 3.05) is 6.26 Å². The fourth-order valence-electron chi connectivity index (χ4n) is 1.84. The molecule has 2 rings (SSSR count). The molecule has 2 aromatic rings. The van der Waals surface area contributed by atoms with E-state index in [9.17, 15) is 13.2 Å². The average Bonchev–Trinajstić information content (AvgIpc) is 2.95. The van der Waals surface area contributed by atoms with Crippen molar-refractivity contribution in [2.45, 2.75) is 23.6 Å². The Labute approximate surface area is 128 Å². The van der Waals surface area contributed by atoms with E-state index in [0.717, 1.165) is 4.88 Å². The Bertz CT molecular complexity index is 724. The Morgan fingerprint density at radius 1 is 1.29 bits per heavy atom. The van der Waals surface area contributed by atoms with Crippen molar-refractivity contribution >= 4 is 27.1 Å². The van der Waals surface area contributed by atoms with Crippen molar-refractivity contribution in [3.05, 3.63) is 47.1 Å². The summed E-state index contributed by atoms with van der Waals surface area (Å²) < 4.78 is 23.3. The molecule has 0 unspecified atom stereocenters. The number of carbonyl (C=O) groups excluding carboxylic acids is 1. The maximum atomic E-state index is 12.1. The fraction of sp³-hybridized carbons (Fsp3) is 0.286. The zero-order valence-corrected chi connectivity index (χ0v) is 13.4. The van der Waals surface area contributed by atoms with Crippen LogP contribution < -0.4 is 5.32 Å². The van der Waals surface area contributed by atoms with Gasteiger partial charge in [-0.2, -0.15) is 0 Å². The lowest BCUT2D eigenvalue weighted by Gasteiger charge is -2.15. The summed E-state index contributed by atoms with van der Waals surface area (Å²) in [4.78, 5) is 16.8. The molecule has 0 bridgehead atoms. The summed E-state index contributed by atoms with van der Waals surface area (Å²) >= 11 is 1.19. The molecule has 0 aromatic carbocycles. The molecule has 1 atom stereocenters. The van der Waals surface area contributed by atoms with E-state index in [-0.39, 0.29) is 11.9 Å². The number of rotatable bonds is 5. The van der Waals surface area contributed by atoms with Crippen molar-refractivity contribution in [2.24, 2.45) is 0 Å². The van der Waals surface area contributed by atoms with Crippen LogP contribution in [-0.4, -0.2) is 25.6 Å². The van der Waals surface area contributed by atoms with Gasteiger partial charge in [0.25, 0.3) is 5.91 Å². The lowest BCUT2D eigenvalue weighted by atomic mass is 10.1. The number of thiophene rings is 1. The first-order valence-corrected chi connectivity index (χ1v) is 9.13. The zero-order chi connectivity index (χ0) is 15.5. The summed E-state index contributed by atoms with van der Waals surface area (Å²) in [5.41, 5.74) is 0.531. The predicted octanol–water partition coefficient (Wildman–Crippen LogP) is 2.43. The largest absolute Gasteiger partial charge is 0.344 e. The molecule has 21 heavy (non-hydrogen) atoms. The molecule has 1 N–H and O–H groups in total. The normalized spacial score (nSPS) is 12.9. The minimum absolute atomic E-state index is 0.196. The number of nitrogens with one attached hydrogen (secondary N) is 1. The highest BCUT2D eigenvalue weighted by Gasteiger charge is 2.18. The zero-order valence-electron chi connectivity index (χ0n) is 11.7. The van der Waals surface area contributed by atoms with Crippen LogP contribution in [0.15, 0.2) is 40.9 Å². The minimum Gasteiger partial charge on any atom is -0.344 e. The van der Waals surface area contributed by atoms with Gasteiger partial charge >= 0.3 is 0 Å². The third-order valence-corrected chi connectivity index (χ3v) is 5.99. The van der Waals surface area contributed by atoms with Gasteiger partial charge in [0, 0.05) is 29.1 Å². The molecule has 1 amide bonds. The van der Waals surface area contributed by atoms with Crippen molar-refractivity contribution in [3.63, 3.8) is 0 Å². The van der Waals surface area contributed by atoms with Crippen LogP contribution in [0.2, 0.25) is 0 Å². The van der Waals surface area contributed by atoms with Crippen LogP contribution in [0.3, 0.4) is 0 Å². The predicted molar refractivity (Wildman–Crippen MR) is 82.2 cm³/mol. The van der Waals surface area contributed by atoms with Gasteiger partial charge in [0.1, 0.15) is 4.21 Å². The number of nitrogens with zero attached hydrogens (tertiary/aromatic N) is 1. The summed E-state index contributed by atoms with van der Waals surface area (Å²) in [7, 11) is -3.21. The van der Waals surface area contributed by atoms with E-state index in [1.54, 1.807) is 36.7 Å². The molecule has 0 aliphatic rings. The molecule has 0 saturated carbocycles. The monoisotopic (exact) mass is 324 g/mol. The van der Waals surface area contributed by atoms with Gasteiger partial charge in [0.05, 0.1) is 6.04 Å². The maximum absolute atomic E-state index is 12.1. The molecule has 0 fully saturated rings. The second-order valence-electron chi connectivity index (χ2n) is 4.60. The Hall–Kier alpha value is -1.73. The molecule has 112 valence electrons. The first-order valence-electron chi connectivity index (χ1n) is 6.42. The molecule has 2 aromatic heterocycles. The van der Waals surface area contributed by atoms with Gasteiger partial charge in [-0.25, -0.2) is 8.42 Å². The van der Waals surface area contributed by atoms with Crippen molar-refractivity contribution in [3.8, 4) is 0 Å². The van der Waals surface area contributed by atoms with E-state index in [2.05, 4.69) is 10.3 Å². The fourth-order valence-corrected chi connectivity index (χ4v) is 3.92. The Balaban J connectivity index is 2.17. The van der Waals surface area contributed by atoms with Crippen molar-refractivity contribution in [1.29, 1.82) is 0 Å². The second kappa shape index (κ2) is 6.36. The quantitative estimate of drug-likeness (QED) is 0.916. The number of carbonyl (C=O) groups is 1. The summed E-state index contributed by atoms with van der Waals surface area (Å²) in [5.74, 6) is -0.196. The Morgan fingerprint density at radius 3 is 2.48 bits per heavy atom. The van der Waals surface area contributed by atoms with Gasteiger partial charge in [-0.1, -0.05) is 6.92 Å². The summed E-state index contributed by atoms with van der Waals surface area (Å²) in [6.45, 7) is 1.94. The molecule has 0 radical (unpaired) electrons. The van der Waals surface area contributed by atoms with Crippen molar-refractivity contribution in [1.82, 2.24) is 10.3 Å². The number of hydrogen-bond donors (Lipinski definition) is 1. The van der Waals surface area contributed by atoms with Gasteiger partial charge in [-0.3, -0.25) is 9.78 Å². The highest BCUT2D eigenvalue weighted by molar-refractivity contribution is 7.92. The highest BCUT2D eigenvalue weighted by atomic mass is 32.2. The van der Waals surface area contributed by atoms with Crippen LogP contribution >= 0.6 is 11.3 Å². The molecule has 0 aliphatic heterocycles. The van der Waals surface area contributed by atoms with Gasteiger partial charge in [-0.15, -0.1) is 11.3 Å². The molecular formula is C14H16N2O3S2. The smallest absolute Gasteiger partial charge is 0.251 e. The topological polar surface area (TPSA) is 76.1 Å². The molecule has 7 heteroatoms. The molecule has 0 aliphatic carbocycles. The van der Waals surface area contributed by atoms with Gasteiger partial charge in [0.2, 0.25) is 0 Å². The average molecular weight is 324 g/mol. The molecule has 2 heterocycles. The SMILES string of the molecule is CC[C@H](NC(=O)c1ccncc1)c1ccc(S(C)(=O)=O)s1. The number of sulfone groups is 1. The van der Waals surface area contributed by atoms with E-state index in [0.29, 0.717) is 16.2 Å². The lowest BCUT2D eigenvalue weighted by Crippen LogP contribution is -2.27. The molecule has 0 saturated heterocycles. The Morgan fingerprint density at radius 2 is 1.95 bits per heavy atom. The van der Waals surface area contributed by atoms with Crippen LogP contribution in [0, 0.1) is 0 Å². The third-order valence-electron chi connectivity index (χ3n) is 2.97. The standard InChI is InChI=1S/C14H16N2O3S2/c1-3-11(12-4-5-13(20-12)21(2,18)19)16-14(17)10-6-8-15-9-7-10/h4-9,11H,3H2,1-2H3,(H,16,17)/t11-/m0/s1. The van der Waals surface area contributed by atoms with Crippen LogP contribution in [0.1, 0.15) is 34.6 Å². The Kier molecular flexibility index (Phi) is 4.74. The first kappa shape index (κ1) is 15.7. The van der Waals surface area contributed by atoms with Gasteiger partial charge < -0.3 is 5.32 Å². The van der Waals surface area contributed by atoms with Crippen LogP contribution in [0.4, 0.5) is 0 Å². The van der Waals surface area contributed by atoms with Crippen LogP contribution in [0.25, 0.3) is 0 Å². The number of amides is 1.